The lowest BCUT2D eigenvalue weighted by atomic mass is 10.2. The summed E-state index contributed by atoms with van der Waals surface area (Å²) in [5.74, 6) is 1.18. The van der Waals surface area contributed by atoms with Crippen LogP contribution in [0.5, 0.6) is 11.5 Å². The lowest BCUT2D eigenvalue weighted by Gasteiger charge is -2.11. The Morgan fingerprint density at radius 3 is 2.18 bits per heavy atom. The molecule has 0 fully saturated rings. The molecule has 0 aliphatic rings. The van der Waals surface area contributed by atoms with Gasteiger partial charge in [-0.25, -0.2) is 0 Å². The molecule has 0 aliphatic heterocycles. The summed E-state index contributed by atoms with van der Waals surface area (Å²) in [6.45, 7) is 3.56. The summed E-state index contributed by atoms with van der Waals surface area (Å²) in [5.41, 5.74) is 1.93. The van der Waals surface area contributed by atoms with Gasteiger partial charge in [-0.1, -0.05) is 31.2 Å². The molecule has 172 valence electrons. The molecule has 0 aliphatic carbocycles. The zero-order valence-corrected chi connectivity index (χ0v) is 18.7. The van der Waals surface area contributed by atoms with Crippen LogP contribution < -0.4 is 25.4 Å². The molecular weight excluding hydrogens is 418 g/mol. The Kier molecular flexibility index (Phi) is 9.15. The number of carbonyl (C=O) groups is 2. The number of rotatable bonds is 12. The van der Waals surface area contributed by atoms with Gasteiger partial charge in [0.1, 0.15) is 24.7 Å². The zero-order valence-electron chi connectivity index (χ0n) is 18.7. The lowest BCUT2D eigenvalue weighted by molar-refractivity contribution is -0.114. The molecule has 7 nitrogen and oxygen atoms in total. The van der Waals surface area contributed by atoms with Crippen molar-refractivity contribution in [3.63, 3.8) is 0 Å². The number of nitrogens with one attached hydrogen (secondary N) is 3. The van der Waals surface area contributed by atoms with E-state index in [9.17, 15) is 9.59 Å². The SMILES string of the molecule is CCCNC(=O)c1cccc(NCC(=O)Nc2ccc(OCCOc3ccccc3)cc2)c1. The highest BCUT2D eigenvalue weighted by atomic mass is 16.5. The van der Waals surface area contributed by atoms with Crippen molar-refractivity contribution in [3.05, 3.63) is 84.4 Å². The number of anilines is 2. The van der Waals surface area contributed by atoms with E-state index >= 15 is 0 Å². The maximum atomic E-state index is 12.3. The Labute approximate surface area is 194 Å². The van der Waals surface area contributed by atoms with E-state index in [1.165, 1.54) is 0 Å². The van der Waals surface area contributed by atoms with Crippen molar-refractivity contribution in [2.24, 2.45) is 0 Å². The third-order valence-electron chi connectivity index (χ3n) is 4.62. The molecular formula is C26H29N3O4. The first-order valence-corrected chi connectivity index (χ1v) is 11.0. The predicted molar refractivity (Wildman–Crippen MR) is 130 cm³/mol. The van der Waals surface area contributed by atoms with Gasteiger partial charge < -0.3 is 25.4 Å². The van der Waals surface area contributed by atoms with Gasteiger partial charge in [0, 0.05) is 23.5 Å². The zero-order chi connectivity index (χ0) is 23.3. The van der Waals surface area contributed by atoms with Crippen LogP contribution in [0.4, 0.5) is 11.4 Å². The van der Waals surface area contributed by atoms with Crippen molar-refractivity contribution in [3.8, 4) is 11.5 Å². The van der Waals surface area contributed by atoms with Crippen LogP contribution in [0.15, 0.2) is 78.9 Å². The van der Waals surface area contributed by atoms with E-state index in [4.69, 9.17) is 9.47 Å². The van der Waals surface area contributed by atoms with E-state index in [1.54, 1.807) is 42.5 Å². The first kappa shape index (κ1) is 23.7. The van der Waals surface area contributed by atoms with Gasteiger partial charge in [-0.05, 0) is 61.0 Å². The van der Waals surface area contributed by atoms with Gasteiger partial charge in [-0.15, -0.1) is 0 Å². The Morgan fingerprint density at radius 2 is 1.48 bits per heavy atom. The molecule has 0 aromatic heterocycles. The molecule has 3 aromatic rings. The van der Waals surface area contributed by atoms with Crippen LogP contribution in [-0.2, 0) is 4.79 Å². The molecule has 3 aromatic carbocycles. The Balaban J connectivity index is 1.39. The smallest absolute Gasteiger partial charge is 0.251 e. The van der Waals surface area contributed by atoms with Crippen molar-refractivity contribution in [2.75, 3.05) is 36.9 Å². The van der Waals surface area contributed by atoms with E-state index in [2.05, 4.69) is 16.0 Å². The third-order valence-corrected chi connectivity index (χ3v) is 4.62. The molecule has 0 saturated heterocycles. The summed E-state index contributed by atoms with van der Waals surface area (Å²) in [5, 5.41) is 8.72. The highest BCUT2D eigenvalue weighted by Crippen LogP contribution is 2.16. The second kappa shape index (κ2) is 12.8. The monoisotopic (exact) mass is 447 g/mol. The second-order valence-electron chi connectivity index (χ2n) is 7.27. The molecule has 3 rings (SSSR count). The maximum absolute atomic E-state index is 12.3. The van der Waals surface area contributed by atoms with Crippen LogP contribution in [0.25, 0.3) is 0 Å². The summed E-state index contributed by atoms with van der Waals surface area (Å²) in [6.07, 6.45) is 0.875. The fourth-order valence-electron chi connectivity index (χ4n) is 2.97. The fourth-order valence-corrected chi connectivity index (χ4v) is 2.97. The van der Waals surface area contributed by atoms with Crippen LogP contribution in [0.2, 0.25) is 0 Å². The third kappa shape index (κ3) is 8.22. The first-order valence-electron chi connectivity index (χ1n) is 11.0. The van der Waals surface area contributed by atoms with Crippen molar-refractivity contribution in [2.45, 2.75) is 13.3 Å². The molecule has 2 amide bonds. The summed E-state index contributed by atoms with van der Waals surface area (Å²) < 4.78 is 11.3. The van der Waals surface area contributed by atoms with E-state index in [1.807, 2.05) is 43.3 Å². The number of ether oxygens (including phenoxy) is 2. The number of hydrogen-bond acceptors (Lipinski definition) is 5. The molecule has 0 atom stereocenters. The van der Waals surface area contributed by atoms with Gasteiger partial charge >= 0.3 is 0 Å². The van der Waals surface area contributed by atoms with Crippen molar-refractivity contribution in [1.29, 1.82) is 0 Å². The summed E-state index contributed by atoms with van der Waals surface area (Å²) in [7, 11) is 0. The fraction of sp³-hybridized carbons (Fsp3) is 0.231. The van der Waals surface area contributed by atoms with Crippen molar-refractivity contribution >= 4 is 23.2 Å². The minimum Gasteiger partial charge on any atom is -0.490 e. The molecule has 0 unspecified atom stereocenters. The van der Waals surface area contributed by atoms with Gasteiger partial charge in [0.15, 0.2) is 0 Å². The molecule has 3 N–H and O–H groups in total. The number of amides is 2. The first-order chi connectivity index (χ1) is 16.1. The summed E-state index contributed by atoms with van der Waals surface area (Å²) in [4.78, 5) is 24.4. The molecule has 33 heavy (non-hydrogen) atoms. The van der Waals surface area contributed by atoms with Gasteiger partial charge in [-0.2, -0.15) is 0 Å². The molecule has 0 heterocycles. The standard InChI is InChI=1S/C26H29N3O4/c1-2-15-27-26(31)20-7-6-8-22(18-20)28-19-25(30)29-21-11-13-24(14-12-21)33-17-16-32-23-9-4-3-5-10-23/h3-14,18,28H,2,15-17,19H2,1H3,(H,27,31)(H,29,30). The highest BCUT2D eigenvalue weighted by Gasteiger charge is 2.07. The molecule has 0 radical (unpaired) electrons. The van der Waals surface area contributed by atoms with Crippen LogP contribution >= 0.6 is 0 Å². The maximum Gasteiger partial charge on any atom is 0.251 e. The van der Waals surface area contributed by atoms with E-state index in [0.717, 1.165) is 12.2 Å². The van der Waals surface area contributed by atoms with E-state index in [-0.39, 0.29) is 18.4 Å². The topological polar surface area (TPSA) is 88.7 Å². The average molecular weight is 448 g/mol. The second-order valence-corrected chi connectivity index (χ2v) is 7.27. The van der Waals surface area contributed by atoms with Crippen molar-refractivity contribution < 1.29 is 19.1 Å². The quantitative estimate of drug-likeness (QED) is 0.360. The minimum atomic E-state index is -0.194. The Morgan fingerprint density at radius 1 is 0.788 bits per heavy atom. The van der Waals surface area contributed by atoms with Crippen LogP contribution in [0, 0.1) is 0 Å². The summed E-state index contributed by atoms with van der Waals surface area (Å²) in [6, 6.07) is 23.8. The average Bonchev–Trinajstić information content (AvgIpc) is 2.85. The molecule has 0 spiro atoms. The normalized spacial score (nSPS) is 10.2. The minimum absolute atomic E-state index is 0.0785. The van der Waals surface area contributed by atoms with E-state index in [0.29, 0.717) is 42.4 Å². The van der Waals surface area contributed by atoms with Crippen LogP contribution in [-0.4, -0.2) is 38.1 Å². The van der Waals surface area contributed by atoms with E-state index < -0.39 is 0 Å². The van der Waals surface area contributed by atoms with Gasteiger partial charge in [0.25, 0.3) is 5.91 Å². The predicted octanol–water partition coefficient (Wildman–Crippen LogP) is 4.33. The summed E-state index contributed by atoms with van der Waals surface area (Å²) >= 11 is 0. The van der Waals surface area contributed by atoms with Crippen LogP contribution in [0.1, 0.15) is 23.7 Å². The molecule has 0 saturated carbocycles. The number of carbonyl (C=O) groups excluding carboxylic acids is 2. The van der Waals surface area contributed by atoms with Crippen LogP contribution in [0.3, 0.4) is 0 Å². The lowest BCUT2D eigenvalue weighted by Crippen LogP contribution is -2.24. The van der Waals surface area contributed by atoms with Gasteiger partial charge in [0.05, 0.1) is 6.54 Å². The molecule has 0 bridgehead atoms. The number of benzene rings is 3. The van der Waals surface area contributed by atoms with Crippen molar-refractivity contribution in [1.82, 2.24) is 5.32 Å². The number of para-hydroxylation sites is 1. The number of hydrogen-bond donors (Lipinski definition) is 3. The molecule has 7 heteroatoms. The Bertz CT molecular complexity index is 1020. The van der Waals surface area contributed by atoms with Gasteiger partial charge in [-0.3, -0.25) is 9.59 Å². The Hall–Kier alpha value is -4.00. The highest BCUT2D eigenvalue weighted by molar-refractivity contribution is 5.96. The largest absolute Gasteiger partial charge is 0.490 e. The van der Waals surface area contributed by atoms with Gasteiger partial charge in [0.2, 0.25) is 5.91 Å².